The molecule has 238 valence electrons. The van der Waals surface area contributed by atoms with Gasteiger partial charge in [-0.2, -0.15) is 0 Å². The minimum absolute atomic E-state index is 0.115. The van der Waals surface area contributed by atoms with Crippen LogP contribution in [0.1, 0.15) is 26.3 Å². The Morgan fingerprint density at radius 2 is 0.840 bits per heavy atom. The summed E-state index contributed by atoms with van der Waals surface area (Å²) in [4.78, 5) is 0. The molecule has 2 heteroatoms. The van der Waals surface area contributed by atoms with E-state index in [0.29, 0.717) is 0 Å². The molecule has 10 aromatic rings. The van der Waals surface area contributed by atoms with Crippen molar-refractivity contribution in [1.82, 2.24) is 4.57 Å². The van der Waals surface area contributed by atoms with E-state index < -0.39 is 0 Å². The third kappa shape index (κ3) is 4.38. The maximum absolute atomic E-state index is 2.42. The molecule has 0 radical (unpaired) electrons. The van der Waals surface area contributed by atoms with Crippen molar-refractivity contribution >= 4 is 74.9 Å². The molecule has 0 fully saturated rings. The summed E-state index contributed by atoms with van der Waals surface area (Å²) in [6, 6.07) is 58.7. The fraction of sp³-hybridized carbons (Fsp3) is 0.0833. The molecule has 0 saturated carbocycles. The average molecular weight is 658 g/mol. The Morgan fingerprint density at radius 1 is 0.400 bits per heavy atom. The minimum Gasteiger partial charge on any atom is -0.309 e. The third-order valence-corrected chi connectivity index (χ3v) is 11.7. The lowest BCUT2D eigenvalue weighted by Crippen LogP contribution is -2.10. The summed E-state index contributed by atoms with van der Waals surface area (Å²) in [5.74, 6) is 0. The highest BCUT2D eigenvalue weighted by atomic mass is 32.1. The molecule has 0 spiro atoms. The van der Waals surface area contributed by atoms with Crippen molar-refractivity contribution in [2.75, 3.05) is 0 Å². The van der Waals surface area contributed by atoms with E-state index in [1.807, 2.05) is 11.3 Å². The van der Waals surface area contributed by atoms with Crippen LogP contribution in [0.3, 0.4) is 0 Å². The molecule has 50 heavy (non-hydrogen) atoms. The van der Waals surface area contributed by atoms with Crippen LogP contribution in [0.4, 0.5) is 0 Å². The lowest BCUT2D eigenvalue weighted by atomic mass is 9.83. The molecule has 0 N–H and O–H groups in total. The second-order valence-electron chi connectivity index (χ2n) is 14.5. The smallest absolute Gasteiger partial charge is 0.0541 e. The Kier molecular flexibility index (Phi) is 6.37. The quantitative estimate of drug-likeness (QED) is 0.167. The molecular formula is C48H35NS. The summed E-state index contributed by atoms with van der Waals surface area (Å²) in [7, 11) is 0. The van der Waals surface area contributed by atoms with Gasteiger partial charge in [-0.1, -0.05) is 148 Å². The molecule has 0 amide bonds. The molecule has 0 atom stereocenters. The Labute approximate surface area is 295 Å². The lowest BCUT2D eigenvalue weighted by molar-refractivity contribution is 0.590. The van der Waals surface area contributed by atoms with Crippen LogP contribution >= 0.6 is 11.3 Å². The van der Waals surface area contributed by atoms with Crippen molar-refractivity contribution in [3.8, 4) is 27.9 Å². The third-order valence-electron chi connectivity index (χ3n) is 10.6. The zero-order valence-corrected chi connectivity index (χ0v) is 29.2. The molecule has 0 aliphatic rings. The number of para-hydroxylation sites is 2. The van der Waals surface area contributed by atoms with E-state index >= 15 is 0 Å². The predicted octanol–water partition coefficient (Wildman–Crippen LogP) is 14.1. The normalized spacial score (nSPS) is 12.3. The van der Waals surface area contributed by atoms with E-state index in [4.69, 9.17) is 0 Å². The van der Waals surface area contributed by atoms with Crippen molar-refractivity contribution < 1.29 is 0 Å². The molecule has 0 saturated heterocycles. The van der Waals surface area contributed by atoms with E-state index in [2.05, 4.69) is 183 Å². The van der Waals surface area contributed by atoms with Gasteiger partial charge in [0.1, 0.15) is 0 Å². The number of hydrogen-bond donors (Lipinski definition) is 0. The van der Waals surface area contributed by atoms with E-state index in [1.165, 1.54) is 97.0 Å². The van der Waals surface area contributed by atoms with Crippen LogP contribution < -0.4 is 0 Å². The summed E-state index contributed by atoms with van der Waals surface area (Å²) in [5.41, 5.74) is 10.3. The summed E-state index contributed by atoms with van der Waals surface area (Å²) in [5, 5.41) is 10.4. The van der Waals surface area contributed by atoms with Gasteiger partial charge in [0.2, 0.25) is 0 Å². The summed E-state index contributed by atoms with van der Waals surface area (Å²) < 4.78 is 5.03. The highest BCUT2D eigenvalue weighted by Gasteiger charge is 2.19. The molecule has 2 aromatic heterocycles. The molecule has 0 aliphatic heterocycles. The van der Waals surface area contributed by atoms with Crippen molar-refractivity contribution in [3.63, 3.8) is 0 Å². The van der Waals surface area contributed by atoms with Crippen molar-refractivity contribution in [2.24, 2.45) is 0 Å². The summed E-state index contributed by atoms with van der Waals surface area (Å²) in [6.07, 6.45) is 0. The minimum atomic E-state index is 0.115. The van der Waals surface area contributed by atoms with Gasteiger partial charge in [-0.15, -0.1) is 11.3 Å². The zero-order valence-electron chi connectivity index (χ0n) is 28.4. The van der Waals surface area contributed by atoms with Crippen LogP contribution in [0.25, 0.3) is 91.5 Å². The van der Waals surface area contributed by atoms with E-state index in [1.54, 1.807) is 0 Å². The predicted molar refractivity (Wildman–Crippen MR) is 218 cm³/mol. The van der Waals surface area contributed by atoms with E-state index in [0.717, 1.165) is 0 Å². The topological polar surface area (TPSA) is 4.93 Å². The van der Waals surface area contributed by atoms with Crippen LogP contribution in [-0.2, 0) is 5.41 Å². The fourth-order valence-corrected chi connectivity index (χ4v) is 9.33. The molecule has 2 heterocycles. The van der Waals surface area contributed by atoms with E-state index in [9.17, 15) is 0 Å². The molecule has 10 rings (SSSR count). The SMILES string of the molecule is CC(C)(C)c1ccc(-c2c3ccccc3c(-c3ccc4c(c3)sc3cc(-n5c6ccccc6c6ccccc65)ccc34)c3ccccc23)cc1. The average Bonchev–Trinajstić information content (AvgIpc) is 3.68. The van der Waals surface area contributed by atoms with E-state index in [-0.39, 0.29) is 5.41 Å². The first kappa shape index (κ1) is 29.2. The Balaban J connectivity index is 1.16. The van der Waals surface area contributed by atoms with Crippen molar-refractivity contribution in [3.05, 3.63) is 163 Å². The van der Waals surface area contributed by atoms with Crippen LogP contribution in [0.15, 0.2) is 158 Å². The first-order chi connectivity index (χ1) is 24.4. The largest absolute Gasteiger partial charge is 0.309 e. The number of thiophene rings is 1. The standard InChI is InChI=1S/C48H35NS/c1-48(2,3)32-23-20-30(21-24-32)46-38-14-4-6-16-40(38)47(41-17-7-5-15-39(41)46)31-22-26-36-37-27-25-33(29-45(37)50-44(36)28-31)49-42-18-10-8-12-34(42)35-13-9-11-19-43(35)49/h4-29H,1-3H3. The second kappa shape index (κ2) is 10.9. The molecule has 1 nitrogen and oxygen atoms in total. The monoisotopic (exact) mass is 657 g/mol. The number of hydrogen-bond acceptors (Lipinski definition) is 1. The number of benzene rings is 8. The highest BCUT2D eigenvalue weighted by molar-refractivity contribution is 7.25. The van der Waals surface area contributed by atoms with Crippen LogP contribution in [0, 0.1) is 0 Å². The van der Waals surface area contributed by atoms with Gasteiger partial charge in [0.15, 0.2) is 0 Å². The summed E-state index contributed by atoms with van der Waals surface area (Å²) in [6.45, 7) is 6.83. The number of fused-ring (bicyclic) bond motifs is 8. The van der Waals surface area contributed by atoms with Gasteiger partial charge in [0.25, 0.3) is 0 Å². The first-order valence-electron chi connectivity index (χ1n) is 17.4. The Bertz CT molecular complexity index is 2840. The van der Waals surface area contributed by atoms with Crippen LogP contribution in [-0.4, -0.2) is 4.57 Å². The molecule has 0 unspecified atom stereocenters. The Hall–Kier alpha value is -5.70. The van der Waals surface area contributed by atoms with Crippen molar-refractivity contribution in [2.45, 2.75) is 26.2 Å². The maximum atomic E-state index is 2.42. The number of nitrogens with zero attached hydrogens (tertiary/aromatic N) is 1. The van der Waals surface area contributed by atoms with Gasteiger partial charge in [-0.05, 0) is 85.1 Å². The van der Waals surface area contributed by atoms with Gasteiger partial charge in [0, 0.05) is 36.6 Å². The first-order valence-corrected chi connectivity index (χ1v) is 18.3. The second-order valence-corrected chi connectivity index (χ2v) is 15.6. The van der Waals surface area contributed by atoms with Crippen molar-refractivity contribution in [1.29, 1.82) is 0 Å². The fourth-order valence-electron chi connectivity index (χ4n) is 8.15. The Morgan fingerprint density at radius 3 is 1.38 bits per heavy atom. The van der Waals surface area contributed by atoms with Gasteiger partial charge in [-0.3, -0.25) is 0 Å². The molecular weight excluding hydrogens is 623 g/mol. The number of rotatable bonds is 3. The van der Waals surface area contributed by atoms with Crippen LogP contribution in [0.2, 0.25) is 0 Å². The zero-order chi connectivity index (χ0) is 33.6. The molecule has 0 bridgehead atoms. The van der Waals surface area contributed by atoms with Gasteiger partial charge in [0.05, 0.1) is 11.0 Å². The lowest BCUT2D eigenvalue weighted by Gasteiger charge is -2.21. The number of aromatic nitrogens is 1. The molecule has 0 aliphatic carbocycles. The highest BCUT2D eigenvalue weighted by Crippen LogP contribution is 2.46. The van der Waals surface area contributed by atoms with Gasteiger partial charge in [-0.25, -0.2) is 0 Å². The molecule has 8 aromatic carbocycles. The maximum Gasteiger partial charge on any atom is 0.0541 e. The van der Waals surface area contributed by atoms with Gasteiger partial charge < -0.3 is 4.57 Å². The van der Waals surface area contributed by atoms with Gasteiger partial charge >= 0.3 is 0 Å². The van der Waals surface area contributed by atoms with Crippen LogP contribution in [0.5, 0.6) is 0 Å². The summed E-state index contributed by atoms with van der Waals surface area (Å²) >= 11 is 1.89.